The molecule has 4 rings (SSSR count). The Labute approximate surface area is 167 Å². The summed E-state index contributed by atoms with van der Waals surface area (Å²) in [5, 5.41) is 3.19. The van der Waals surface area contributed by atoms with Crippen LogP contribution in [-0.2, 0) is 19.1 Å². The fraction of sp³-hybridized carbons (Fsp3) is 0.318. The van der Waals surface area contributed by atoms with E-state index in [1.54, 1.807) is 6.92 Å². The van der Waals surface area contributed by atoms with E-state index in [0.717, 1.165) is 16.0 Å². The number of imide groups is 1. The minimum absolute atomic E-state index is 0.283. The Bertz CT molecular complexity index is 989. The highest BCUT2D eigenvalue weighted by molar-refractivity contribution is 6.24. The molecule has 6 nitrogen and oxygen atoms in total. The molecule has 0 bridgehead atoms. The first kappa shape index (κ1) is 19.3. The van der Waals surface area contributed by atoms with Crippen molar-refractivity contribution < 1.29 is 23.5 Å². The molecule has 2 aliphatic heterocycles. The molecule has 1 N–H and O–H groups in total. The quantitative estimate of drug-likeness (QED) is 0.637. The minimum Gasteiger partial charge on any atom is -0.468 e. The molecule has 29 heavy (non-hydrogen) atoms. The molecule has 0 spiro atoms. The molecule has 2 heterocycles. The lowest BCUT2D eigenvalue weighted by atomic mass is 9.80. The van der Waals surface area contributed by atoms with Crippen LogP contribution in [0, 0.1) is 24.6 Å². The van der Waals surface area contributed by atoms with Gasteiger partial charge in [-0.2, -0.15) is 0 Å². The second-order valence-electron chi connectivity index (χ2n) is 7.72. The number of amides is 2. The Balaban J connectivity index is 1.81. The molecule has 0 aromatic heterocycles. The highest BCUT2D eigenvalue weighted by atomic mass is 19.1. The summed E-state index contributed by atoms with van der Waals surface area (Å²) in [5.74, 6) is -3.70. The van der Waals surface area contributed by atoms with Crippen LogP contribution in [0.4, 0.5) is 10.1 Å². The van der Waals surface area contributed by atoms with Crippen LogP contribution in [0.25, 0.3) is 0 Å². The van der Waals surface area contributed by atoms with Gasteiger partial charge in [-0.05, 0) is 43.7 Å². The van der Waals surface area contributed by atoms with E-state index in [4.69, 9.17) is 4.74 Å². The summed E-state index contributed by atoms with van der Waals surface area (Å²) in [4.78, 5) is 40.4. The number of nitrogens with one attached hydrogen (secondary N) is 1. The van der Waals surface area contributed by atoms with Crippen LogP contribution in [0.5, 0.6) is 0 Å². The second kappa shape index (κ2) is 6.77. The molecule has 2 aromatic rings. The number of halogens is 1. The third kappa shape index (κ3) is 2.84. The summed E-state index contributed by atoms with van der Waals surface area (Å²) in [6, 6.07) is 12.2. The van der Waals surface area contributed by atoms with Gasteiger partial charge in [0.25, 0.3) is 0 Å². The summed E-state index contributed by atoms with van der Waals surface area (Å²) in [6.07, 6.45) is 0. The van der Waals surface area contributed by atoms with E-state index in [9.17, 15) is 18.8 Å². The maximum absolute atomic E-state index is 13.4. The number of nitrogens with zero attached hydrogens (tertiary/aromatic N) is 1. The van der Waals surface area contributed by atoms with Gasteiger partial charge >= 0.3 is 5.97 Å². The Hall–Kier alpha value is -3.06. The van der Waals surface area contributed by atoms with Gasteiger partial charge in [0, 0.05) is 6.04 Å². The van der Waals surface area contributed by atoms with Gasteiger partial charge in [0.2, 0.25) is 11.8 Å². The van der Waals surface area contributed by atoms with E-state index >= 15 is 0 Å². The SMILES string of the molecule is COC(=O)[C@@]1(C)N[C@@H](c2ccc(C)cc2)[C@H]2C(=O)N(c3ccc(F)cc3)C(=O)[C@H]21. The number of hydrogen-bond acceptors (Lipinski definition) is 5. The number of carbonyl (C=O) groups excluding carboxylic acids is 3. The minimum atomic E-state index is -1.36. The molecule has 0 unspecified atom stereocenters. The maximum Gasteiger partial charge on any atom is 0.326 e. The summed E-state index contributed by atoms with van der Waals surface area (Å²) in [7, 11) is 1.25. The molecule has 0 saturated carbocycles. The zero-order valence-electron chi connectivity index (χ0n) is 16.3. The monoisotopic (exact) mass is 396 g/mol. The molecule has 2 aromatic carbocycles. The molecule has 4 atom stereocenters. The normalized spacial score (nSPS) is 28.6. The third-order valence-corrected chi connectivity index (χ3v) is 5.92. The average molecular weight is 396 g/mol. The number of ether oxygens (including phenoxy) is 1. The fourth-order valence-electron chi connectivity index (χ4n) is 4.44. The van der Waals surface area contributed by atoms with E-state index in [-0.39, 0.29) is 5.69 Å². The highest BCUT2D eigenvalue weighted by Crippen LogP contribution is 2.49. The lowest BCUT2D eigenvalue weighted by Crippen LogP contribution is -2.54. The van der Waals surface area contributed by atoms with Gasteiger partial charge in [0.15, 0.2) is 0 Å². The van der Waals surface area contributed by atoms with Gasteiger partial charge in [0.05, 0.1) is 24.6 Å². The molecule has 7 heteroatoms. The molecule has 2 fully saturated rings. The fourth-order valence-corrected chi connectivity index (χ4v) is 4.44. The van der Waals surface area contributed by atoms with E-state index in [1.807, 2.05) is 31.2 Å². The Morgan fingerprint density at radius 3 is 2.28 bits per heavy atom. The van der Waals surface area contributed by atoms with Crippen molar-refractivity contribution in [1.82, 2.24) is 5.32 Å². The Morgan fingerprint density at radius 2 is 1.69 bits per heavy atom. The lowest BCUT2D eigenvalue weighted by molar-refractivity contribution is -0.151. The smallest absolute Gasteiger partial charge is 0.326 e. The van der Waals surface area contributed by atoms with Gasteiger partial charge in [0.1, 0.15) is 11.4 Å². The molecule has 2 saturated heterocycles. The zero-order chi connectivity index (χ0) is 20.9. The largest absolute Gasteiger partial charge is 0.468 e. The summed E-state index contributed by atoms with van der Waals surface area (Å²) < 4.78 is 18.3. The molecule has 2 aliphatic rings. The number of carbonyl (C=O) groups is 3. The zero-order valence-corrected chi connectivity index (χ0v) is 16.3. The molecular formula is C22H21FN2O4. The van der Waals surface area contributed by atoms with E-state index < -0.39 is 47.0 Å². The van der Waals surface area contributed by atoms with Gasteiger partial charge < -0.3 is 4.74 Å². The highest BCUT2D eigenvalue weighted by Gasteiger charge is 2.67. The first-order valence-corrected chi connectivity index (χ1v) is 9.34. The number of benzene rings is 2. The van der Waals surface area contributed by atoms with Crippen molar-refractivity contribution >= 4 is 23.5 Å². The van der Waals surface area contributed by atoms with Gasteiger partial charge in [-0.3, -0.25) is 19.7 Å². The topological polar surface area (TPSA) is 75.7 Å². The molecule has 0 radical (unpaired) electrons. The standard InChI is InChI=1S/C22H21FN2O4/c1-12-4-6-13(7-5-12)18-16-17(22(2,24-18)21(28)29-3)20(27)25(19(16)26)15-10-8-14(23)9-11-15/h4-11,16-18,24H,1-3H3/t16-,17-,18-,22-/m0/s1. The third-order valence-electron chi connectivity index (χ3n) is 5.92. The predicted molar refractivity (Wildman–Crippen MR) is 103 cm³/mol. The Kier molecular flexibility index (Phi) is 4.50. The lowest BCUT2D eigenvalue weighted by Gasteiger charge is -2.28. The van der Waals surface area contributed by atoms with Crippen LogP contribution in [-0.4, -0.2) is 30.4 Å². The van der Waals surface area contributed by atoms with Crippen molar-refractivity contribution in [2.45, 2.75) is 25.4 Å². The van der Waals surface area contributed by atoms with Crippen molar-refractivity contribution in [3.05, 3.63) is 65.5 Å². The first-order chi connectivity index (χ1) is 13.8. The van der Waals surface area contributed by atoms with Crippen molar-refractivity contribution in [2.24, 2.45) is 11.8 Å². The van der Waals surface area contributed by atoms with Crippen molar-refractivity contribution in [3.63, 3.8) is 0 Å². The summed E-state index contributed by atoms with van der Waals surface area (Å²) >= 11 is 0. The number of aryl methyl sites for hydroxylation is 1. The number of methoxy groups -OCH3 is 1. The molecular weight excluding hydrogens is 375 g/mol. The number of hydrogen-bond donors (Lipinski definition) is 1. The number of rotatable bonds is 3. The van der Waals surface area contributed by atoms with Crippen molar-refractivity contribution in [1.29, 1.82) is 0 Å². The van der Waals surface area contributed by atoms with Crippen LogP contribution in [0.2, 0.25) is 0 Å². The predicted octanol–water partition coefficient (Wildman–Crippen LogP) is 2.52. The van der Waals surface area contributed by atoms with Crippen molar-refractivity contribution in [3.8, 4) is 0 Å². The number of esters is 1. The van der Waals surface area contributed by atoms with Crippen molar-refractivity contribution in [2.75, 3.05) is 12.0 Å². The summed E-state index contributed by atoms with van der Waals surface area (Å²) in [6.45, 7) is 3.54. The van der Waals surface area contributed by atoms with E-state index in [2.05, 4.69) is 5.32 Å². The van der Waals surface area contributed by atoms with Crippen LogP contribution in [0.15, 0.2) is 48.5 Å². The van der Waals surface area contributed by atoms with Gasteiger partial charge in [-0.15, -0.1) is 0 Å². The van der Waals surface area contributed by atoms with E-state index in [1.165, 1.54) is 31.4 Å². The summed E-state index contributed by atoms with van der Waals surface area (Å²) in [5.41, 5.74) is 0.781. The second-order valence-corrected chi connectivity index (χ2v) is 7.72. The van der Waals surface area contributed by atoms with E-state index in [0.29, 0.717) is 0 Å². The number of fused-ring (bicyclic) bond motifs is 1. The molecule has 150 valence electrons. The first-order valence-electron chi connectivity index (χ1n) is 9.34. The van der Waals surface area contributed by atoms with Gasteiger partial charge in [-0.25, -0.2) is 9.29 Å². The Morgan fingerprint density at radius 1 is 1.07 bits per heavy atom. The average Bonchev–Trinajstić information content (AvgIpc) is 3.17. The molecule has 2 amide bonds. The van der Waals surface area contributed by atoms with Crippen LogP contribution < -0.4 is 10.2 Å². The van der Waals surface area contributed by atoms with Crippen LogP contribution in [0.3, 0.4) is 0 Å². The van der Waals surface area contributed by atoms with Crippen LogP contribution in [0.1, 0.15) is 24.1 Å². The van der Waals surface area contributed by atoms with Crippen LogP contribution >= 0.6 is 0 Å². The molecule has 0 aliphatic carbocycles. The number of anilines is 1. The maximum atomic E-state index is 13.4. The van der Waals surface area contributed by atoms with Gasteiger partial charge in [-0.1, -0.05) is 29.8 Å².